The number of carbonyl (C=O) groups is 2. The average Bonchev–Trinajstić information content (AvgIpc) is 3.39. The van der Waals surface area contributed by atoms with E-state index in [2.05, 4.69) is 6.92 Å². The van der Waals surface area contributed by atoms with Crippen molar-refractivity contribution < 1.29 is 58.4 Å². The molecule has 6 nitrogen and oxygen atoms in total. The summed E-state index contributed by atoms with van der Waals surface area (Å²) in [7, 11) is -1.42. The highest BCUT2D eigenvalue weighted by Crippen LogP contribution is 2.61. The van der Waals surface area contributed by atoms with Crippen LogP contribution >= 0.6 is 0 Å². The molecule has 0 N–H and O–H groups in total. The van der Waals surface area contributed by atoms with Crippen LogP contribution < -0.4 is 4.74 Å². The van der Waals surface area contributed by atoms with Crippen LogP contribution in [-0.2, 0) is 26.8 Å². The molecule has 1 aromatic carbocycles. The van der Waals surface area contributed by atoms with E-state index in [-0.39, 0.29) is 30.2 Å². The molecule has 1 heterocycles. The van der Waals surface area contributed by atoms with Crippen LogP contribution in [0.25, 0.3) is 0 Å². The third kappa shape index (κ3) is 10.1. The van der Waals surface area contributed by atoms with Crippen LogP contribution in [0.15, 0.2) is 18.2 Å². The molecule has 1 amide bonds. The first-order valence-corrected chi connectivity index (χ1v) is 20.5. The van der Waals surface area contributed by atoms with Gasteiger partial charge in [-0.3, -0.25) is 9.00 Å². The number of ether oxygens (including phenoxy) is 2. The van der Waals surface area contributed by atoms with E-state index < -0.39 is 60.7 Å². The van der Waals surface area contributed by atoms with Gasteiger partial charge in [0.25, 0.3) is 0 Å². The number of hydrogen-bond acceptors (Lipinski definition) is 5. The molecule has 3 aliphatic carbocycles. The van der Waals surface area contributed by atoms with Gasteiger partial charge in [-0.2, -0.15) is 35.1 Å². The molecule has 0 spiro atoms. The Labute approximate surface area is 308 Å². The first-order chi connectivity index (χ1) is 24.9. The molecule has 300 valence electrons. The first kappa shape index (κ1) is 41.9. The van der Waals surface area contributed by atoms with Crippen molar-refractivity contribution in [3.8, 4) is 5.75 Å². The minimum atomic E-state index is -5.59. The van der Waals surface area contributed by atoms with Crippen LogP contribution in [0.2, 0.25) is 0 Å². The lowest BCUT2D eigenvalue weighted by atomic mass is 9.52. The summed E-state index contributed by atoms with van der Waals surface area (Å²) in [6.07, 6.45) is -3.55. The molecule has 1 aromatic rings. The average molecular weight is 786 g/mol. The molecular formula is C38H51F8NO5S. The summed E-state index contributed by atoms with van der Waals surface area (Å²) in [5.41, 5.74) is 1.98. The van der Waals surface area contributed by atoms with E-state index in [0.717, 1.165) is 81.1 Å². The van der Waals surface area contributed by atoms with Crippen molar-refractivity contribution in [1.82, 2.24) is 4.90 Å². The third-order valence-electron chi connectivity index (χ3n) is 12.2. The Balaban J connectivity index is 1.10. The zero-order valence-corrected chi connectivity index (χ0v) is 31.0. The Morgan fingerprint density at radius 3 is 2.34 bits per heavy atom. The fourth-order valence-corrected chi connectivity index (χ4v) is 10.5. The SMILES string of the molecule is CC12CCC3c4ccc(OC(=O)N5CCOC(C(F)(F)F)C5)cc4CC(CCCCCCCCCS(=O)CCCC(F)(F)C(F)(F)F)C3C1CCC2=O. The summed E-state index contributed by atoms with van der Waals surface area (Å²) < 4.78 is 125. The van der Waals surface area contributed by atoms with Crippen LogP contribution in [-0.4, -0.2) is 76.6 Å². The molecule has 2 saturated carbocycles. The molecule has 0 aromatic heterocycles. The molecule has 0 bridgehead atoms. The second-order valence-corrected chi connectivity index (χ2v) is 17.4. The minimum Gasteiger partial charge on any atom is -0.410 e. The van der Waals surface area contributed by atoms with Crippen molar-refractivity contribution >= 4 is 22.7 Å². The van der Waals surface area contributed by atoms with Gasteiger partial charge in [0.15, 0.2) is 6.10 Å². The number of fused-ring (bicyclic) bond motifs is 5. The summed E-state index contributed by atoms with van der Waals surface area (Å²) in [6, 6.07) is 5.57. The maximum absolute atomic E-state index is 13.2. The molecule has 53 heavy (non-hydrogen) atoms. The second-order valence-electron chi connectivity index (χ2n) is 15.7. The Hall–Kier alpha value is -2.29. The fourth-order valence-electron chi connectivity index (χ4n) is 9.32. The van der Waals surface area contributed by atoms with Gasteiger partial charge < -0.3 is 14.4 Å². The standard InChI is InChI=1S/C38H51F8NO5S/c1-35-17-15-29-28-12-11-27(52-34(49)47-18-19-51-32(24-47)37(41,42)43)23-26(28)22-25(33(29)30(35)13-14-31(35)48)10-7-5-3-2-4-6-8-20-53(50)21-9-16-36(39,40)38(44,45)46/h11-12,23,25,29-30,32-33H,2-10,13-22,24H2,1H3. The van der Waals surface area contributed by atoms with Gasteiger partial charge in [0.05, 0.1) is 13.2 Å². The van der Waals surface area contributed by atoms with E-state index in [1.807, 2.05) is 12.1 Å². The number of carbonyl (C=O) groups excluding carboxylic acids is 2. The molecular weight excluding hydrogens is 734 g/mol. The lowest BCUT2D eigenvalue weighted by Gasteiger charge is -2.51. The molecule has 7 atom stereocenters. The minimum absolute atomic E-state index is 0.00465. The summed E-state index contributed by atoms with van der Waals surface area (Å²) in [4.78, 5) is 27.0. The topological polar surface area (TPSA) is 72.9 Å². The van der Waals surface area contributed by atoms with Crippen LogP contribution in [0, 0.1) is 23.2 Å². The summed E-state index contributed by atoms with van der Waals surface area (Å²) in [6.45, 7) is 1.29. The molecule has 0 radical (unpaired) electrons. The zero-order chi connectivity index (χ0) is 38.6. The number of benzene rings is 1. The second kappa shape index (κ2) is 17.2. The third-order valence-corrected chi connectivity index (χ3v) is 13.7. The van der Waals surface area contributed by atoms with Gasteiger partial charge in [-0.25, -0.2) is 4.79 Å². The Kier molecular flexibility index (Phi) is 13.6. The van der Waals surface area contributed by atoms with Crippen molar-refractivity contribution in [1.29, 1.82) is 0 Å². The lowest BCUT2D eigenvalue weighted by Crippen LogP contribution is -2.51. The van der Waals surface area contributed by atoms with Crippen LogP contribution in [0.3, 0.4) is 0 Å². The number of nitrogens with zero attached hydrogens (tertiary/aromatic N) is 1. The number of hydrogen-bond donors (Lipinski definition) is 0. The molecule has 15 heteroatoms. The van der Waals surface area contributed by atoms with Crippen molar-refractivity contribution in [2.75, 3.05) is 31.2 Å². The number of morpholine rings is 1. The highest BCUT2D eigenvalue weighted by atomic mass is 32.2. The number of halogens is 8. The fraction of sp³-hybridized carbons (Fsp3) is 0.789. The highest BCUT2D eigenvalue weighted by molar-refractivity contribution is 7.84. The van der Waals surface area contributed by atoms with E-state index in [4.69, 9.17) is 9.47 Å². The van der Waals surface area contributed by atoms with E-state index in [9.17, 15) is 48.9 Å². The van der Waals surface area contributed by atoms with Gasteiger partial charge in [-0.1, -0.05) is 51.5 Å². The molecule has 4 aliphatic rings. The van der Waals surface area contributed by atoms with Gasteiger partial charge in [0.1, 0.15) is 11.5 Å². The number of unbranched alkanes of at least 4 members (excludes halogenated alkanes) is 6. The molecule has 1 aliphatic heterocycles. The molecule has 3 fully saturated rings. The van der Waals surface area contributed by atoms with Gasteiger partial charge in [0.2, 0.25) is 0 Å². The Morgan fingerprint density at radius 1 is 0.962 bits per heavy atom. The lowest BCUT2D eigenvalue weighted by molar-refractivity contribution is -0.284. The van der Waals surface area contributed by atoms with Crippen LogP contribution in [0.5, 0.6) is 5.75 Å². The number of amides is 1. The van der Waals surface area contributed by atoms with E-state index in [1.54, 1.807) is 6.07 Å². The number of Topliss-reactive ketones (excluding diaryl/α,β-unsaturated/α-hetero) is 1. The predicted molar refractivity (Wildman–Crippen MR) is 183 cm³/mol. The summed E-state index contributed by atoms with van der Waals surface area (Å²) in [5.74, 6) is -2.72. The summed E-state index contributed by atoms with van der Waals surface area (Å²) in [5, 5.41) is 0. The molecule has 7 unspecified atom stereocenters. The quantitative estimate of drug-likeness (QED) is 0.131. The van der Waals surface area contributed by atoms with Crippen LogP contribution in [0.4, 0.5) is 39.9 Å². The highest BCUT2D eigenvalue weighted by Gasteiger charge is 2.57. The van der Waals surface area contributed by atoms with Crippen molar-refractivity contribution in [3.63, 3.8) is 0 Å². The maximum atomic E-state index is 13.2. The predicted octanol–water partition coefficient (Wildman–Crippen LogP) is 9.95. The summed E-state index contributed by atoms with van der Waals surface area (Å²) >= 11 is 0. The Morgan fingerprint density at radius 2 is 1.64 bits per heavy atom. The van der Waals surface area contributed by atoms with Crippen LogP contribution in [0.1, 0.15) is 114 Å². The monoisotopic (exact) mass is 785 g/mol. The zero-order valence-electron chi connectivity index (χ0n) is 30.2. The van der Waals surface area contributed by atoms with Gasteiger partial charge in [0, 0.05) is 47.1 Å². The Bertz CT molecular complexity index is 1450. The number of ketones is 1. The first-order valence-electron chi connectivity index (χ1n) is 19.0. The van der Waals surface area contributed by atoms with Gasteiger partial charge in [-0.15, -0.1) is 0 Å². The largest absolute Gasteiger partial charge is 0.453 e. The number of rotatable bonds is 15. The maximum Gasteiger partial charge on any atom is 0.453 e. The van der Waals surface area contributed by atoms with Gasteiger partial charge >= 0.3 is 24.4 Å². The normalized spacial score (nSPS) is 28.3. The molecule has 5 rings (SSSR count). The van der Waals surface area contributed by atoms with E-state index in [1.165, 1.54) is 5.56 Å². The van der Waals surface area contributed by atoms with E-state index in [0.29, 0.717) is 47.9 Å². The van der Waals surface area contributed by atoms with E-state index >= 15 is 0 Å². The van der Waals surface area contributed by atoms with Crippen molar-refractivity contribution in [3.05, 3.63) is 29.3 Å². The van der Waals surface area contributed by atoms with Gasteiger partial charge in [-0.05, 0) is 91.9 Å². The van der Waals surface area contributed by atoms with Crippen molar-refractivity contribution in [2.45, 2.75) is 134 Å². The number of alkyl halides is 8. The van der Waals surface area contributed by atoms with Crippen molar-refractivity contribution in [2.24, 2.45) is 23.2 Å². The smallest absolute Gasteiger partial charge is 0.410 e. The molecule has 1 saturated heterocycles.